The SMILES string of the molecule is CN(CCC(=O)O)C(=O)CSCC(=O)Nc1ccc(F)cc1. The number of amides is 2. The van der Waals surface area contributed by atoms with E-state index in [0.29, 0.717) is 5.69 Å². The van der Waals surface area contributed by atoms with Gasteiger partial charge in [0.05, 0.1) is 17.9 Å². The summed E-state index contributed by atoms with van der Waals surface area (Å²) in [4.78, 5) is 35.0. The number of aliphatic carboxylic acids is 1. The number of halogens is 1. The number of carbonyl (C=O) groups is 3. The normalized spacial score (nSPS) is 10.1. The molecule has 1 aromatic carbocycles. The third-order valence-electron chi connectivity index (χ3n) is 2.67. The summed E-state index contributed by atoms with van der Waals surface area (Å²) in [5.41, 5.74) is 0.483. The van der Waals surface area contributed by atoms with E-state index in [-0.39, 0.29) is 42.1 Å². The van der Waals surface area contributed by atoms with Gasteiger partial charge in [-0.05, 0) is 24.3 Å². The van der Waals surface area contributed by atoms with Crippen LogP contribution in [-0.4, -0.2) is 52.9 Å². The first kappa shape index (κ1) is 18.0. The minimum absolute atomic E-state index is 0.0793. The van der Waals surface area contributed by atoms with Gasteiger partial charge in [-0.3, -0.25) is 14.4 Å². The Kier molecular flexibility index (Phi) is 7.38. The van der Waals surface area contributed by atoms with Crippen molar-refractivity contribution >= 4 is 35.2 Å². The predicted octanol–water partition coefficient (Wildman–Crippen LogP) is 1.43. The molecule has 1 aromatic rings. The maximum absolute atomic E-state index is 12.7. The van der Waals surface area contributed by atoms with Crippen LogP contribution in [0.2, 0.25) is 0 Å². The van der Waals surface area contributed by atoms with Crippen LogP contribution in [0.1, 0.15) is 6.42 Å². The van der Waals surface area contributed by atoms with Crippen molar-refractivity contribution in [2.75, 3.05) is 30.4 Å². The minimum Gasteiger partial charge on any atom is -0.481 e. The van der Waals surface area contributed by atoms with Crippen LogP contribution in [0.5, 0.6) is 0 Å². The minimum atomic E-state index is -0.967. The lowest BCUT2D eigenvalue weighted by Crippen LogP contribution is -2.30. The van der Waals surface area contributed by atoms with E-state index in [9.17, 15) is 18.8 Å². The number of anilines is 1. The Balaban J connectivity index is 2.25. The third-order valence-corrected chi connectivity index (χ3v) is 3.59. The number of carboxylic acid groups (broad SMARTS) is 1. The molecular formula is C14H17FN2O4S. The van der Waals surface area contributed by atoms with Gasteiger partial charge in [-0.15, -0.1) is 11.8 Å². The second-order valence-electron chi connectivity index (χ2n) is 4.51. The molecule has 0 fully saturated rings. The smallest absolute Gasteiger partial charge is 0.305 e. The molecular weight excluding hydrogens is 311 g/mol. The standard InChI is InChI=1S/C14H17FN2O4S/c1-17(7-6-14(20)21)13(19)9-22-8-12(18)16-11-4-2-10(15)3-5-11/h2-5H,6-9H2,1H3,(H,16,18)(H,20,21). The Bertz CT molecular complexity index is 536. The Morgan fingerprint density at radius 2 is 1.86 bits per heavy atom. The molecule has 0 radical (unpaired) electrons. The average molecular weight is 328 g/mol. The molecule has 2 N–H and O–H groups in total. The van der Waals surface area contributed by atoms with E-state index in [4.69, 9.17) is 5.11 Å². The highest BCUT2D eigenvalue weighted by atomic mass is 32.2. The number of rotatable bonds is 8. The number of hydrogen-bond donors (Lipinski definition) is 2. The summed E-state index contributed by atoms with van der Waals surface area (Å²) < 4.78 is 12.7. The highest BCUT2D eigenvalue weighted by Gasteiger charge is 2.11. The number of carbonyl (C=O) groups excluding carboxylic acids is 2. The summed E-state index contributed by atoms with van der Waals surface area (Å²) in [5.74, 6) is -1.71. The van der Waals surface area contributed by atoms with E-state index in [1.807, 2.05) is 0 Å². The van der Waals surface area contributed by atoms with Gasteiger partial charge in [-0.1, -0.05) is 0 Å². The quantitative estimate of drug-likeness (QED) is 0.754. The number of carboxylic acids is 1. The van der Waals surface area contributed by atoms with Crippen LogP contribution in [0, 0.1) is 5.82 Å². The van der Waals surface area contributed by atoms with Gasteiger partial charge in [-0.2, -0.15) is 0 Å². The molecule has 6 nitrogen and oxygen atoms in total. The molecule has 0 saturated heterocycles. The molecule has 8 heteroatoms. The van der Waals surface area contributed by atoms with E-state index in [1.165, 1.54) is 36.2 Å². The summed E-state index contributed by atoms with van der Waals surface area (Å²) >= 11 is 1.13. The van der Waals surface area contributed by atoms with E-state index in [1.54, 1.807) is 0 Å². The van der Waals surface area contributed by atoms with Crippen LogP contribution in [0.15, 0.2) is 24.3 Å². The molecule has 0 aliphatic carbocycles. The molecule has 0 aliphatic heterocycles. The number of nitrogens with zero attached hydrogens (tertiary/aromatic N) is 1. The fourth-order valence-corrected chi connectivity index (χ4v) is 2.21. The number of benzene rings is 1. The van der Waals surface area contributed by atoms with Crippen LogP contribution >= 0.6 is 11.8 Å². The van der Waals surface area contributed by atoms with Crippen molar-refractivity contribution in [1.29, 1.82) is 0 Å². The first-order chi connectivity index (χ1) is 10.4. The van der Waals surface area contributed by atoms with E-state index >= 15 is 0 Å². The van der Waals surface area contributed by atoms with E-state index in [2.05, 4.69) is 5.32 Å². The highest BCUT2D eigenvalue weighted by Crippen LogP contribution is 2.09. The zero-order valence-electron chi connectivity index (χ0n) is 12.0. The van der Waals surface area contributed by atoms with Gasteiger partial charge in [0, 0.05) is 19.3 Å². The van der Waals surface area contributed by atoms with Crippen molar-refractivity contribution in [1.82, 2.24) is 4.90 Å². The van der Waals surface area contributed by atoms with Crippen molar-refractivity contribution in [2.45, 2.75) is 6.42 Å². The topological polar surface area (TPSA) is 86.7 Å². The van der Waals surface area contributed by atoms with Crippen molar-refractivity contribution in [3.05, 3.63) is 30.1 Å². The first-order valence-corrected chi connectivity index (χ1v) is 7.63. The van der Waals surface area contributed by atoms with Gasteiger partial charge in [0.15, 0.2) is 0 Å². The average Bonchev–Trinajstić information content (AvgIpc) is 2.47. The molecule has 1 rings (SSSR count). The molecule has 120 valence electrons. The second kappa shape index (κ2) is 9.04. The molecule has 0 atom stereocenters. The Hall–Kier alpha value is -2.09. The zero-order valence-corrected chi connectivity index (χ0v) is 12.9. The van der Waals surface area contributed by atoms with Crippen LogP contribution < -0.4 is 5.32 Å². The summed E-state index contributed by atoms with van der Waals surface area (Å²) in [6.07, 6.45) is -0.113. The first-order valence-electron chi connectivity index (χ1n) is 6.47. The Morgan fingerprint density at radius 1 is 1.23 bits per heavy atom. The number of thioether (sulfide) groups is 1. The summed E-state index contributed by atoms with van der Waals surface area (Å²) in [5, 5.41) is 11.1. The number of hydrogen-bond acceptors (Lipinski definition) is 4. The van der Waals surface area contributed by atoms with E-state index in [0.717, 1.165) is 11.8 Å². The molecule has 0 aliphatic rings. The lowest BCUT2D eigenvalue weighted by molar-refractivity contribution is -0.137. The zero-order chi connectivity index (χ0) is 16.5. The lowest BCUT2D eigenvalue weighted by atomic mass is 10.3. The van der Waals surface area contributed by atoms with Crippen molar-refractivity contribution in [3.8, 4) is 0 Å². The summed E-state index contributed by atoms with van der Waals surface area (Å²) in [7, 11) is 1.52. The van der Waals surface area contributed by atoms with Crippen LogP contribution in [0.4, 0.5) is 10.1 Å². The molecule has 2 amide bonds. The molecule has 22 heavy (non-hydrogen) atoms. The predicted molar refractivity (Wildman–Crippen MR) is 82.2 cm³/mol. The van der Waals surface area contributed by atoms with Crippen LogP contribution in [0.3, 0.4) is 0 Å². The summed E-state index contributed by atoms with van der Waals surface area (Å²) in [6.45, 7) is 0.135. The molecule has 0 unspecified atom stereocenters. The molecule has 0 saturated carbocycles. The van der Waals surface area contributed by atoms with Gasteiger partial charge in [0.25, 0.3) is 0 Å². The van der Waals surface area contributed by atoms with Crippen LogP contribution in [-0.2, 0) is 14.4 Å². The van der Waals surface area contributed by atoms with Crippen molar-refractivity contribution < 1.29 is 23.9 Å². The molecule has 0 bridgehead atoms. The number of nitrogens with one attached hydrogen (secondary N) is 1. The molecule has 0 heterocycles. The van der Waals surface area contributed by atoms with Gasteiger partial charge in [-0.25, -0.2) is 4.39 Å². The van der Waals surface area contributed by atoms with Gasteiger partial charge >= 0.3 is 5.97 Å². The van der Waals surface area contributed by atoms with E-state index < -0.39 is 5.97 Å². The second-order valence-corrected chi connectivity index (χ2v) is 5.49. The van der Waals surface area contributed by atoms with Gasteiger partial charge < -0.3 is 15.3 Å². The fraction of sp³-hybridized carbons (Fsp3) is 0.357. The molecule has 0 spiro atoms. The third kappa shape index (κ3) is 7.07. The lowest BCUT2D eigenvalue weighted by Gasteiger charge is -2.15. The Morgan fingerprint density at radius 3 is 2.45 bits per heavy atom. The van der Waals surface area contributed by atoms with Gasteiger partial charge in [0.2, 0.25) is 11.8 Å². The Labute approximate surface area is 131 Å². The highest BCUT2D eigenvalue weighted by molar-refractivity contribution is 8.00. The summed E-state index contributed by atoms with van der Waals surface area (Å²) in [6, 6.07) is 5.37. The van der Waals surface area contributed by atoms with Crippen LogP contribution in [0.25, 0.3) is 0 Å². The largest absolute Gasteiger partial charge is 0.481 e. The van der Waals surface area contributed by atoms with Crippen molar-refractivity contribution in [2.24, 2.45) is 0 Å². The fourth-order valence-electron chi connectivity index (χ4n) is 1.46. The molecule has 0 aromatic heterocycles. The van der Waals surface area contributed by atoms with Gasteiger partial charge in [0.1, 0.15) is 5.82 Å². The monoisotopic (exact) mass is 328 g/mol. The van der Waals surface area contributed by atoms with Crippen molar-refractivity contribution in [3.63, 3.8) is 0 Å². The maximum Gasteiger partial charge on any atom is 0.305 e. The maximum atomic E-state index is 12.7.